The third kappa shape index (κ3) is 4.04. The fraction of sp³-hybridized carbons (Fsp3) is 0.120. The van der Waals surface area contributed by atoms with Crippen LogP contribution in [0.15, 0.2) is 83.2 Å². The Bertz CT molecular complexity index is 1410. The molecule has 5 rings (SSSR count). The Hall–Kier alpha value is -3.69. The molecule has 172 valence electrons. The number of fused-ring (bicyclic) bond motifs is 3. The minimum atomic E-state index is -3.89. The number of benzene rings is 3. The molecular formula is C25H19NO6S2. The summed E-state index contributed by atoms with van der Waals surface area (Å²) in [6, 6.07) is 23.2. The van der Waals surface area contributed by atoms with E-state index >= 15 is 0 Å². The number of carboxylic acids is 1. The van der Waals surface area contributed by atoms with Crippen LogP contribution in [-0.2, 0) is 21.2 Å². The van der Waals surface area contributed by atoms with E-state index in [4.69, 9.17) is 14.6 Å². The van der Waals surface area contributed by atoms with Crippen molar-refractivity contribution in [3.8, 4) is 22.8 Å². The maximum Gasteiger partial charge on any atom is 0.341 e. The highest BCUT2D eigenvalue weighted by Gasteiger charge is 2.36. The van der Waals surface area contributed by atoms with Gasteiger partial charge in [-0.1, -0.05) is 66.7 Å². The number of aromatic nitrogens is 1. The van der Waals surface area contributed by atoms with E-state index in [1.54, 1.807) is 42.5 Å². The molecule has 1 aliphatic rings. The van der Waals surface area contributed by atoms with E-state index in [1.807, 2.05) is 36.4 Å². The molecular weight excluding hydrogens is 474 g/mol. The van der Waals surface area contributed by atoms with Crippen molar-refractivity contribution in [1.82, 2.24) is 4.98 Å². The van der Waals surface area contributed by atoms with Gasteiger partial charge in [0.25, 0.3) is 0 Å². The summed E-state index contributed by atoms with van der Waals surface area (Å²) >= 11 is 1.09. The van der Waals surface area contributed by atoms with Gasteiger partial charge in [0.15, 0.2) is 18.1 Å². The van der Waals surface area contributed by atoms with Gasteiger partial charge in [-0.3, -0.25) is 0 Å². The van der Waals surface area contributed by atoms with Crippen LogP contribution in [0.2, 0.25) is 0 Å². The second-order valence-electron chi connectivity index (χ2n) is 7.60. The minimum Gasteiger partial charge on any atom is -0.483 e. The summed E-state index contributed by atoms with van der Waals surface area (Å²) in [6.45, 7) is -0.399. The van der Waals surface area contributed by atoms with E-state index in [-0.39, 0.29) is 16.7 Å². The summed E-state index contributed by atoms with van der Waals surface area (Å²) in [7, 11) is -3.89. The van der Waals surface area contributed by atoms with Crippen molar-refractivity contribution < 1.29 is 27.8 Å². The zero-order valence-electron chi connectivity index (χ0n) is 17.7. The van der Waals surface area contributed by atoms with Crippen LogP contribution in [0.1, 0.15) is 21.3 Å². The number of thiazole rings is 1. The van der Waals surface area contributed by atoms with E-state index in [9.17, 15) is 13.2 Å². The van der Waals surface area contributed by atoms with Gasteiger partial charge in [0.1, 0.15) is 11.9 Å². The molecule has 9 heteroatoms. The second kappa shape index (κ2) is 8.92. The van der Waals surface area contributed by atoms with Crippen LogP contribution in [0.4, 0.5) is 0 Å². The zero-order valence-corrected chi connectivity index (χ0v) is 19.4. The molecule has 0 atom stereocenters. The molecule has 0 radical (unpaired) electrons. The summed E-state index contributed by atoms with van der Waals surface area (Å²) in [4.78, 5) is 16.1. The van der Waals surface area contributed by atoms with Crippen LogP contribution < -0.4 is 9.47 Å². The Kier molecular flexibility index (Phi) is 5.80. The number of carboxylic acid groups (broad SMARTS) is 1. The average molecular weight is 494 g/mol. The van der Waals surface area contributed by atoms with Gasteiger partial charge in [0, 0.05) is 5.56 Å². The van der Waals surface area contributed by atoms with E-state index < -0.39 is 27.7 Å². The smallest absolute Gasteiger partial charge is 0.341 e. The van der Waals surface area contributed by atoms with E-state index in [2.05, 4.69) is 4.98 Å². The van der Waals surface area contributed by atoms with Crippen LogP contribution in [-0.4, -0.2) is 31.1 Å². The number of nitrogens with zero attached hydrogens (tertiary/aromatic N) is 1. The SMILES string of the molecule is O=C(O)COc1cccc2c1OCc1sc(S(=O)(=O)C(c3ccccc3)c3ccccc3)nc1-2. The minimum absolute atomic E-state index is 0.00325. The van der Waals surface area contributed by atoms with Crippen LogP contribution in [0.5, 0.6) is 11.5 Å². The third-order valence-electron chi connectivity index (χ3n) is 5.37. The summed E-state index contributed by atoms with van der Waals surface area (Å²) in [5, 5.41) is 8.02. The van der Waals surface area contributed by atoms with E-state index in [0.29, 0.717) is 33.0 Å². The molecule has 3 aromatic carbocycles. The molecule has 0 fully saturated rings. The standard InChI is InChI=1S/C25H19NO6S2/c27-21(28)15-31-19-13-7-12-18-22-20(14-32-23(18)19)33-25(26-22)34(29,30)24(16-8-3-1-4-9-16)17-10-5-2-6-11-17/h1-13,24H,14-15H2,(H,27,28). The number of para-hydroxylation sites is 1. The number of hydrogen-bond donors (Lipinski definition) is 1. The highest BCUT2D eigenvalue weighted by Crippen LogP contribution is 2.46. The van der Waals surface area contributed by atoms with E-state index in [0.717, 1.165) is 11.3 Å². The monoisotopic (exact) mass is 493 g/mol. The van der Waals surface area contributed by atoms with Gasteiger partial charge in [0.2, 0.25) is 14.2 Å². The summed E-state index contributed by atoms with van der Waals surface area (Å²) < 4.78 is 39.0. The van der Waals surface area contributed by atoms with Gasteiger partial charge >= 0.3 is 5.97 Å². The first-order valence-electron chi connectivity index (χ1n) is 10.4. The quantitative estimate of drug-likeness (QED) is 0.397. The van der Waals surface area contributed by atoms with Crippen LogP contribution in [0.3, 0.4) is 0 Å². The van der Waals surface area contributed by atoms with Crippen molar-refractivity contribution in [2.45, 2.75) is 16.2 Å². The topological polar surface area (TPSA) is 103 Å². The fourth-order valence-electron chi connectivity index (χ4n) is 3.91. The predicted molar refractivity (Wildman–Crippen MR) is 127 cm³/mol. The molecule has 1 aromatic heterocycles. The molecule has 0 aliphatic carbocycles. The normalized spacial score (nSPS) is 12.5. The Balaban J connectivity index is 1.59. The van der Waals surface area contributed by atoms with Gasteiger partial charge in [-0.25, -0.2) is 18.2 Å². The lowest BCUT2D eigenvalue weighted by Crippen LogP contribution is -2.15. The lowest BCUT2D eigenvalue weighted by atomic mass is 10.0. The molecule has 1 N–H and O–H groups in total. The molecule has 0 bridgehead atoms. The zero-order chi connectivity index (χ0) is 23.7. The van der Waals surface area contributed by atoms with Gasteiger partial charge < -0.3 is 14.6 Å². The second-order valence-corrected chi connectivity index (χ2v) is 10.9. The van der Waals surface area contributed by atoms with Gasteiger partial charge in [-0.2, -0.15) is 0 Å². The van der Waals surface area contributed by atoms with Crippen molar-refractivity contribution >= 4 is 27.1 Å². The van der Waals surface area contributed by atoms with Gasteiger partial charge in [-0.05, 0) is 23.3 Å². The van der Waals surface area contributed by atoms with Crippen molar-refractivity contribution in [1.29, 1.82) is 0 Å². The Morgan fingerprint density at radius 3 is 2.26 bits per heavy atom. The number of aliphatic carboxylic acids is 1. The molecule has 4 aromatic rings. The molecule has 34 heavy (non-hydrogen) atoms. The number of sulfone groups is 1. The van der Waals surface area contributed by atoms with Crippen molar-refractivity contribution in [2.75, 3.05) is 6.61 Å². The molecule has 0 amide bonds. The van der Waals surface area contributed by atoms with E-state index in [1.165, 1.54) is 0 Å². The van der Waals surface area contributed by atoms with Crippen LogP contribution in [0.25, 0.3) is 11.3 Å². The van der Waals surface area contributed by atoms with Gasteiger partial charge in [-0.15, -0.1) is 11.3 Å². The van der Waals surface area contributed by atoms with Crippen molar-refractivity contribution in [2.24, 2.45) is 0 Å². The molecule has 7 nitrogen and oxygen atoms in total. The lowest BCUT2D eigenvalue weighted by molar-refractivity contribution is -0.139. The van der Waals surface area contributed by atoms with Gasteiger partial charge in [0.05, 0.1) is 10.6 Å². The third-order valence-corrected chi connectivity index (χ3v) is 8.88. The number of ether oxygens (including phenoxy) is 2. The highest BCUT2D eigenvalue weighted by molar-refractivity contribution is 7.93. The van der Waals surface area contributed by atoms with Crippen molar-refractivity contribution in [3.63, 3.8) is 0 Å². The summed E-state index contributed by atoms with van der Waals surface area (Å²) in [5.74, 6) is -0.480. The molecule has 1 aliphatic heterocycles. The lowest BCUT2D eigenvalue weighted by Gasteiger charge is -2.19. The Labute approximate surface area is 200 Å². The average Bonchev–Trinajstić information content (AvgIpc) is 3.30. The Morgan fingerprint density at radius 1 is 1.00 bits per heavy atom. The first-order chi connectivity index (χ1) is 16.4. The summed E-state index contributed by atoms with van der Waals surface area (Å²) in [6.07, 6.45) is 0. The first-order valence-corrected chi connectivity index (χ1v) is 12.8. The largest absolute Gasteiger partial charge is 0.483 e. The fourth-order valence-corrected chi connectivity index (χ4v) is 7.13. The number of rotatable bonds is 7. The first kappa shape index (κ1) is 22.1. The van der Waals surface area contributed by atoms with Crippen LogP contribution in [0, 0.1) is 0 Å². The van der Waals surface area contributed by atoms with Crippen molar-refractivity contribution in [3.05, 3.63) is 94.9 Å². The Morgan fingerprint density at radius 2 is 1.65 bits per heavy atom. The molecule has 0 spiro atoms. The van der Waals surface area contributed by atoms with Crippen LogP contribution >= 0.6 is 11.3 Å². The molecule has 2 heterocycles. The number of carbonyl (C=O) groups is 1. The predicted octanol–water partition coefficient (Wildman–Crippen LogP) is 4.73. The molecule has 0 saturated carbocycles. The summed E-state index contributed by atoms with van der Waals surface area (Å²) in [5.41, 5.74) is 2.38. The molecule has 0 saturated heterocycles. The highest BCUT2D eigenvalue weighted by atomic mass is 32.2. The maximum absolute atomic E-state index is 13.9. The number of hydrogen-bond acceptors (Lipinski definition) is 7. The maximum atomic E-state index is 13.9. The molecule has 0 unspecified atom stereocenters.